The molecule has 0 spiro atoms. The lowest BCUT2D eigenvalue weighted by molar-refractivity contribution is 0.00688. The summed E-state index contributed by atoms with van der Waals surface area (Å²) in [5, 5.41) is 13.2. The zero-order valence-electron chi connectivity index (χ0n) is 14.2. The molecule has 0 aromatic heterocycles. The van der Waals surface area contributed by atoms with Crippen molar-refractivity contribution in [2.75, 3.05) is 5.32 Å². The maximum absolute atomic E-state index is 13.3. The first-order valence-corrected chi connectivity index (χ1v) is 8.68. The minimum Gasteiger partial charge on any atom is -0.488 e. The standard InChI is InChI=1S/C20H23F2NO2/c1-13(14-10-15(21)12-16(22)11-14)23-17-6-8-18(9-7-17)25-20-5-3-2-4-19(20)24/h6-13,19-20,23-24H,2-5H2,1H3/t13-,19-,20-/m1/s1. The highest BCUT2D eigenvalue weighted by molar-refractivity contribution is 5.48. The number of halogens is 2. The van der Waals surface area contributed by atoms with Crippen molar-refractivity contribution in [3.8, 4) is 5.75 Å². The summed E-state index contributed by atoms with van der Waals surface area (Å²) < 4.78 is 32.5. The summed E-state index contributed by atoms with van der Waals surface area (Å²) in [6.45, 7) is 1.84. The van der Waals surface area contributed by atoms with Crippen LogP contribution < -0.4 is 10.1 Å². The average Bonchev–Trinajstić information content (AvgIpc) is 2.58. The fourth-order valence-corrected chi connectivity index (χ4v) is 3.18. The van der Waals surface area contributed by atoms with Crippen molar-refractivity contribution in [2.45, 2.75) is 50.9 Å². The Labute approximate surface area is 146 Å². The molecular formula is C20H23F2NO2. The Morgan fingerprint density at radius 1 is 1.04 bits per heavy atom. The second kappa shape index (κ2) is 7.83. The highest BCUT2D eigenvalue weighted by atomic mass is 19.1. The van der Waals surface area contributed by atoms with E-state index in [4.69, 9.17) is 4.74 Å². The first-order valence-electron chi connectivity index (χ1n) is 8.68. The van der Waals surface area contributed by atoms with Gasteiger partial charge in [-0.1, -0.05) is 6.42 Å². The number of hydrogen-bond donors (Lipinski definition) is 2. The molecular weight excluding hydrogens is 324 g/mol. The Bertz CT molecular complexity index is 685. The Balaban J connectivity index is 1.62. The number of rotatable bonds is 5. The van der Waals surface area contributed by atoms with E-state index in [0.29, 0.717) is 11.3 Å². The lowest BCUT2D eigenvalue weighted by Gasteiger charge is -2.28. The molecule has 3 nitrogen and oxygen atoms in total. The lowest BCUT2D eigenvalue weighted by Crippen LogP contribution is -2.34. The van der Waals surface area contributed by atoms with E-state index in [1.165, 1.54) is 12.1 Å². The molecule has 2 N–H and O–H groups in total. The van der Waals surface area contributed by atoms with Crippen LogP contribution in [-0.2, 0) is 0 Å². The zero-order valence-corrected chi connectivity index (χ0v) is 14.2. The predicted octanol–water partition coefficient (Wildman–Crippen LogP) is 4.82. The largest absolute Gasteiger partial charge is 0.488 e. The fourth-order valence-electron chi connectivity index (χ4n) is 3.18. The van der Waals surface area contributed by atoms with Crippen LogP contribution in [0.3, 0.4) is 0 Å². The molecule has 5 heteroatoms. The van der Waals surface area contributed by atoms with E-state index in [2.05, 4.69) is 5.32 Å². The Morgan fingerprint density at radius 2 is 1.68 bits per heavy atom. The normalized spacial score (nSPS) is 21.6. The van der Waals surface area contributed by atoms with Gasteiger partial charge in [0, 0.05) is 17.8 Å². The molecule has 0 heterocycles. The van der Waals surface area contributed by atoms with Gasteiger partial charge >= 0.3 is 0 Å². The van der Waals surface area contributed by atoms with E-state index in [0.717, 1.165) is 37.4 Å². The first-order chi connectivity index (χ1) is 12.0. The van der Waals surface area contributed by atoms with Gasteiger partial charge in [0.2, 0.25) is 0 Å². The smallest absolute Gasteiger partial charge is 0.126 e. The van der Waals surface area contributed by atoms with Crippen LogP contribution in [0.5, 0.6) is 5.75 Å². The summed E-state index contributed by atoms with van der Waals surface area (Å²) in [6.07, 6.45) is 3.21. The first kappa shape index (κ1) is 17.7. The van der Waals surface area contributed by atoms with Gasteiger partial charge in [0.25, 0.3) is 0 Å². The van der Waals surface area contributed by atoms with Gasteiger partial charge in [0.1, 0.15) is 23.5 Å². The number of aliphatic hydroxyl groups is 1. The zero-order chi connectivity index (χ0) is 17.8. The van der Waals surface area contributed by atoms with E-state index in [1.54, 1.807) is 0 Å². The molecule has 134 valence electrons. The van der Waals surface area contributed by atoms with Crippen molar-refractivity contribution in [3.63, 3.8) is 0 Å². The van der Waals surface area contributed by atoms with Crippen molar-refractivity contribution in [3.05, 3.63) is 59.7 Å². The summed E-state index contributed by atoms with van der Waals surface area (Å²) in [5.41, 5.74) is 1.37. The van der Waals surface area contributed by atoms with Gasteiger partial charge in [0.05, 0.1) is 6.10 Å². The maximum Gasteiger partial charge on any atom is 0.126 e. The average molecular weight is 347 g/mol. The van der Waals surface area contributed by atoms with Gasteiger partial charge < -0.3 is 15.2 Å². The molecule has 1 saturated carbocycles. The second-order valence-corrected chi connectivity index (χ2v) is 6.60. The van der Waals surface area contributed by atoms with Gasteiger partial charge in [-0.15, -0.1) is 0 Å². The lowest BCUT2D eigenvalue weighted by atomic mass is 9.95. The molecule has 1 aliphatic rings. The number of benzene rings is 2. The molecule has 0 unspecified atom stereocenters. The fraction of sp³-hybridized carbons (Fsp3) is 0.400. The van der Waals surface area contributed by atoms with Crippen molar-refractivity contribution < 1.29 is 18.6 Å². The topological polar surface area (TPSA) is 41.5 Å². The number of hydrogen-bond acceptors (Lipinski definition) is 3. The van der Waals surface area contributed by atoms with E-state index in [-0.39, 0.29) is 12.1 Å². The highest BCUT2D eigenvalue weighted by Gasteiger charge is 2.24. The van der Waals surface area contributed by atoms with Gasteiger partial charge in [0.15, 0.2) is 0 Å². The summed E-state index contributed by atoms with van der Waals surface area (Å²) in [4.78, 5) is 0. The third-order valence-corrected chi connectivity index (χ3v) is 4.58. The maximum atomic E-state index is 13.3. The number of aliphatic hydroxyl groups excluding tert-OH is 1. The second-order valence-electron chi connectivity index (χ2n) is 6.60. The summed E-state index contributed by atoms with van der Waals surface area (Å²) in [6, 6.07) is 10.7. The molecule has 0 saturated heterocycles. The molecule has 2 aromatic carbocycles. The molecule has 0 radical (unpaired) electrons. The van der Waals surface area contributed by atoms with E-state index in [9.17, 15) is 13.9 Å². The minimum atomic E-state index is -0.585. The third-order valence-electron chi connectivity index (χ3n) is 4.58. The Kier molecular flexibility index (Phi) is 5.53. The van der Waals surface area contributed by atoms with Crippen molar-refractivity contribution in [1.29, 1.82) is 0 Å². The van der Waals surface area contributed by atoms with Gasteiger partial charge in [-0.2, -0.15) is 0 Å². The Hall–Kier alpha value is -2.14. The minimum absolute atomic E-state index is 0.151. The third kappa shape index (κ3) is 4.69. The number of ether oxygens (including phenoxy) is 1. The highest BCUT2D eigenvalue weighted by Crippen LogP contribution is 2.26. The number of nitrogens with one attached hydrogen (secondary N) is 1. The molecule has 1 fully saturated rings. The van der Waals surface area contributed by atoms with Crippen LogP contribution in [0.15, 0.2) is 42.5 Å². The quantitative estimate of drug-likeness (QED) is 0.815. The molecule has 3 atom stereocenters. The monoisotopic (exact) mass is 347 g/mol. The molecule has 2 aromatic rings. The molecule has 0 bridgehead atoms. The van der Waals surface area contributed by atoms with Crippen molar-refractivity contribution >= 4 is 5.69 Å². The number of anilines is 1. The van der Waals surface area contributed by atoms with Crippen molar-refractivity contribution in [2.24, 2.45) is 0 Å². The van der Waals surface area contributed by atoms with Crippen LogP contribution in [0.1, 0.15) is 44.2 Å². The Morgan fingerprint density at radius 3 is 2.32 bits per heavy atom. The van der Waals surface area contributed by atoms with Crippen LogP contribution in [0.2, 0.25) is 0 Å². The van der Waals surface area contributed by atoms with E-state index in [1.807, 2.05) is 31.2 Å². The van der Waals surface area contributed by atoms with Gasteiger partial charge in [-0.05, 0) is 68.1 Å². The van der Waals surface area contributed by atoms with Gasteiger partial charge in [-0.3, -0.25) is 0 Å². The van der Waals surface area contributed by atoms with Crippen molar-refractivity contribution in [1.82, 2.24) is 0 Å². The van der Waals surface area contributed by atoms with Crippen LogP contribution in [-0.4, -0.2) is 17.3 Å². The van der Waals surface area contributed by atoms with Crippen LogP contribution in [0.25, 0.3) is 0 Å². The predicted molar refractivity (Wildman–Crippen MR) is 93.7 cm³/mol. The molecule has 1 aliphatic carbocycles. The summed E-state index contributed by atoms with van der Waals surface area (Å²) in [5.74, 6) is -0.460. The van der Waals surface area contributed by atoms with Gasteiger partial charge in [-0.25, -0.2) is 8.78 Å². The summed E-state index contributed by atoms with van der Waals surface area (Å²) >= 11 is 0. The van der Waals surface area contributed by atoms with Crippen LogP contribution in [0.4, 0.5) is 14.5 Å². The van der Waals surface area contributed by atoms with Crippen LogP contribution in [0, 0.1) is 11.6 Å². The van der Waals surface area contributed by atoms with E-state index < -0.39 is 17.7 Å². The van der Waals surface area contributed by atoms with Crippen LogP contribution >= 0.6 is 0 Å². The molecule has 0 aliphatic heterocycles. The molecule has 0 amide bonds. The SMILES string of the molecule is C[C@@H](Nc1ccc(O[C@@H]2CCCC[C@H]2O)cc1)c1cc(F)cc(F)c1. The molecule has 3 rings (SSSR count). The molecule has 25 heavy (non-hydrogen) atoms. The summed E-state index contributed by atoms with van der Waals surface area (Å²) in [7, 11) is 0. The van der Waals surface area contributed by atoms with E-state index >= 15 is 0 Å².